The van der Waals surface area contributed by atoms with Gasteiger partial charge in [-0.3, -0.25) is 9.59 Å². The second-order valence-electron chi connectivity index (χ2n) is 3.97. The van der Waals surface area contributed by atoms with Crippen molar-refractivity contribution < 1.29 is 14.0 Å². The molecule has 0 heterocycles. The molecule has 1 aromatic carbocycles. The zero-order valence-electron chi connectivity index (χ0n) is 8.50. The van der Waals surface area contributed by atoms with Crippen molar-refractivity contribution >= 4 is 27.5 Å². The Morgan fingerprint density at radius 1 is 1.44 bits per heavy atom. The molecule has 0 aromatic heterocycles. The molecule has 1 atom stereocenters. The van der Waals surface area contributed by atoms with Gasteiger partial charge in [0.1, 0.15) is 11.6 Å². The van der Waals surface area contributed by atoms with Gasteiger partial charge in [0.15, 0.2) is 5.78 Å². The third kappa shape index (κ3) is 2.21. The number of carbonyl (C=O) groups is 2. The number of carbonyl (C=O) groups excluding carboxylic acids is 2. The molecule has 1 saturated carbocycles. The highest BCUT2D eigenvalue weighted by Gasteiger charge is 2.29. The van der Waals surface area contributed by atoms with E-state index in [2.05, 4.69) is 15.9 Å². The fourth-order valence-corrected chi connectivity index (χ4v) is 2.39. The quantitative estimate of drug-likeness (QED) is 0.782. The van der Waals surface area contributed by atoms with Gasteiger partial charge in [-0.25, -0.2) is 4.39 Å². The van der Waals surface area contributed by atoms with Crippen LogP contribution in [0.1, 0.15) is 29.6 Å². The number of benzene rings is 1. The van der Waals surface area contributed by atoms with Crippen LogP contribution >= 0.6 is 15.9 Å². The summed E-state index contributed by atoms with van der Waals surface area (Å²) in [6, 6.07) is 4.02. The molecule has 1 aromatic rings. The minimum atomic E-state index is -0.434. The lowest BCUT2D eigenvalue weighted by Crippen LogP contribution is -2.12. The van der Waals surface area contributed by atoms with Gasteiger partial charge in [-0.1, -0.05) is 15.9 Å². The Kier molecular flexibility index (Phi) is 3.19. The highest BCUT2D eigenvalue weighted by molar-refractivity contribution is 9.10. The van der Waals surface area contributed by atoms with Crippen LogP contribution in [0.3, 0.4) is 0 Å². The maximum atomic E-state index is 13.0. The van der Waals surface area contributed by atoms with Crippen molar-refractivity contribution in [3.8, 4) is 0 Å². The number of rotatable bonds is 2. The molecule has 0 spiro atoms. The summed E-state index contributed by atoms with van der Waals surface area (Å²) in [5.74, 6) is -0.732. The highest BCUT2D eigenvalue weighted by Crippen LogP contribution is 2.29. The van der Waals surface area contributed by atoms with Gasteiger partial charge in [-0.2, -0.15) is 0 Å². The summed E-state index contributed by atoms with van der Waals surface area (Å²) in [4.78, 5) is 23.1. The van der Waals surface area contributed by atoms with Gasteiger partial charge in [0.05, 0.1) is 0 Å². The van der Waals surface area contributed by atoms with Crippen LogP contribution in [0.15, 0.2) is 22.7 Å². The van der Waals surface area contributed by atoms with Crippen LogP contribution in [-0.2, 0) is 4.79 Å². The molecule has 2 rings (SSSR count). The van der Waals surface area contributed by atoms with Crippen LogP contribution in [0.2, 0.25) is 0 Å². The minimum Gasteiger partial charge on any atom is -0.300 e. The normalized spacial score (nSPS) is 20.1. The van der Waals surface area contributed by atoms with E-state index in [-0.39, 0.29) is 17.5 Å². The van der Waals surface area contributed by atoms with Gasteiger partial charge in [-0.15, -0.1) is 0 Å². The molecule has 1 aliphatic rings. The summed E-state index contributed by atoms with van der Waals surface area (Å²) in [7, 11) is 0. The smallest absolute Gasteiger partial charge is 0.167 e. The minimum absolute atomic E-state index is 0.117. The van der Waals surface area contributed by atoms with Crippen molar-refractivity contribution in [3.05, 3.63) is 34.1 Å². The average molecular weight is 285 g/mol. The fourth-order valence-electron chi connectivity index (χ4n) is 1.94. The van der Waals surface area contributed by atoms with Gasteiger partial charge < -0.3 is 0 Å². The number of hydrogen-bond donors (Lipinski definition) is 0. The van der Waals surface area contributed by atoms with Gasteiger partial charge in [0, 0.05) is 28.8 Å². The molecule has 0 bridgehead atoms. The number of halogens is 2. The molecule has 1 unspecified atom stereocenters. The summed E-state index contributed by atoms with van der Waals surface area (Å²) in [6.45, 7) is 0. The van der Waals surface area contributed by atoms with E-state index in [1.807, 2.05) is 0 Å². The molecule has 1 fully saturated rings. The molecule has 16 heavy (non-hydrogen) atoms. The van der Waals surface area contributed by atoms with Crippen molar-refractivity contribution in [2.45, 2.75) is 19.3 Å². The number of Topliss-reactive ketones (excluding diaryl/α,β-unsaturated/α-hetero) is 2. The van der Waals surface area contributed by atoms with Crippen LogP contribution in [0.25, 0.3) is 0 Å². The lowest BCUT2D eigenvalue weighted by atomic mass is 9.96. The fraction of sp³-hybridized carbons (Fsp3) is 0.333. The number of hydrogen-bond acceptors (Lipinski definition) is 2. The molecule has 0 aliphatic heterocycles. The van der Waals surface area contributed by atoms with Gasteiger partial charge in [0.2, 0.25) is 0 Å². The zero-order valence-corrected chi connectivity index (χ0v) is 10.1. The van der Waals surface area contributed by atoms with Crippen LogP contribution in [-0.4, -0.2) is 11.6 Å². The van der Waals surface area contributed by atoms with Crippen LogP contribution in [0, 0.1) is 11.7 Å². The molecular weight excluding hydrogens is 275 g/mol. The lowest BCUT2D eigenvalue weighted by molar-refractivity contribution is -0.117. The van der Waals surface area contributed by atoms with E-state index in [1.54, 1.807) is 0 Å². The largest absolute Gasteiger partial charge is 0.300 e. The molecule has 4 heteroatoms. The molecule has 0 radical (unpaired) electrons. The Labute approximate surface area is 101 Å². The standard InChI is InChI=1S/C12H10BrFO2/c13-11-4-2-8(14)6-10(11)12(16)7-1-3-9(15)5-7/h2,4,6-7H,1,3,5H2. The van der Waals surface area contributed by atoms with Crippen LogP contribution < -0.4 is 0 Å². The monoisotopic (exact) mass is 284 g/mol. The third-order valence-corrected chi connectivity index (χ3v) is 3.50. The Morgan fingerprint density at radius 2 is 2.19 bits per heavy atom. The highest BCUT2D eigenvalue weighted by atomic mass is 79.9. The molecule has 0 amide bonds. The van der Waals surface area contributed by atoms with Gasteiger partial charge in [-0.05, 0) is 24.6 Å². The second kappa shape index (κ2) is 4.45. The molecule has 2 nitrogen and oxygen atoms in total. The van der Waals surface area contributed by atoms with E-state index in [4.69, 9.17) is 0 Å². The first-order valence-corrected chi connectivity index (χ1v) is 5.88. The zero-order chi connectivity index (χ0) is 11.7. The van der Waals surface area contributed by atoms with E-state index < -0.39 is 5.82 Å². The van der Waals surface area contributed by atoms with E-state index in [1.165, 1.54) is 18.2 Å². The molecule has 1 aliphatic carbocycles. The first kappa shape index (κ1) is 11.5. The van der Waals surface area contributed by atoms with Crippen molar-refractivity contribution in [3.63, 3.8) is 0 Å². The van der Waals surface area contributed by atoms with E-state index >= 15 is 0 Å². The van der Waals surface area contributed by atoms with E-state index in [9.17, 15) is 14.0 Å². The summed E-state index contributed by atoms with van der Waals surface area (Å²) < 4.78 is 13.6. The predicted octanol–water partition coefficient (Wildman–Crippen LogP) is 3.14. The van der Waals surface area contributed by atoms with E-state index in [0.29, 0.717) is 29.3 Å². The van der Waals surface area contributed by atoms with Crippen molar-refractivity contribution in [2.24, 2.45) is 5.92 Å². The van der Waals surface area contributed by atoms with Crippen molar-refractivity contribution in [1.29, 1.82) is 0 Å². The third-order valence-electron chi connectivity index (χ3n) is 2.81. The van der Waals surface area contributed by atoms with Crippen LogP contribution in [0.4, 0.5) is 4.39 Å². The molecule has 0 saturated heterocycles. The summed E-state index contributed by atoms with van der Waals surface area (Å²) in [6.07, 6.45) is 1.34. The maximum absolute atomic E-state index is 13.0. The predicted molar refractivity (Wildman–Crippen MR) is 60.8 cm³/mol. The van der Waals surface area contributed by atoms with Crippen molar-refractivity contribution in [1.82, 2.24) is 0 Å². The summed E-state index contributed by atoms with van der Waals surface area (Å²) in [5, 5.41) is 0. The Balaban J connectivity index is 2.27. The van der Waals surface area contributed by atoms with Crippen LogP contribution in [0.5, 0.6) is 0 Å². The first-order chi connectivity index (χ1) is 7.58. The van der Waals surface area contributed by atoms with Gasteiger partial charge >= 0.3 is 0 Å². The molecule has 0 N–H and O–H groups in total. The molecular formula is C12H10BrFO2. The lowest BCUT2D eigenvalue weighted by Gasteiger charge is -2.08. The summed E-state index contributed by atoms with van der Waals surface area (Å²) in [5.41, 5.74) is 0.333. The topological polar surface area (TPSA) is 34.1 Å². The maximum Gasteiger partial charge on any atom is 0.167 e. The van der Waals surface area contributed by atoms with E-state index in [0.717, 1.165) is 0 Å². The van der Waals surface area contributed by atoms with Crippen molar-refractivity contribution in [2.75, 3.05) is 0 Å². The molecule has 84 valence electrons. The Morgan fingerprint density at radius 3 is 2.81 bits per heavy atom. The SMILES string of the molecule is O=C1CCC(C(=O)c2cc(F)ccc2Br)C1. The Bertz CT molecular complexity index is 456. The second-order valence-corrected chi connectivity index (χ2v) is 4.82. The summed E-state index contributed by atoms with van der Waals surface area (Å²) >= 11 is 3.22. The first-order valence-electron chi connectivity index (χ1n) is 5.09. The number of ketones is 2. The van der Waals surface area contributed by atoms with Gasteiger partial charge in [0.25, 0.3) is 0 Å². The Hall–Kier alpha value is -1.03. The average Bonchev–Trinajstić information content (AvgIpc) is 2.67.